The molecule has 1 aliphatic rings. The number of rotatable bonds is 4. The van der Waals surface area contributed by atoms with Crippen molar-refractivity contribution in [3.8, 4) is 11.4 Å². The highest BCUT2D eigenvalue weighted by atomic mass is 32.2. The van der Waals surface area contributed by atoms with E-state index in [0.29, 0.717) is 24.5 Å². The molecule has 1 aromatic carbocycles. The number of hydrogen-bond donors (Lipinski definition) is 2. The van der Waals surface area contributed by atoms with Gasteiger partial charge in [0.1, 0.15) is 16.7 Å². The molecule has 1 aliphatic heterocycles. The number of nitrogens with one attached hydrogen (secondary N) is 2. The molecule has 9 heteroatoms. The van der Waals surface area contributed by atoms with Gasteiger partial charge in [-0.2, -0.15) is 0 Å². The van der Waals surface area contributed by atoms with E-state index in [-0.39, 0.29) is 11.8 Å². The molecular formula is C22H18N6O2S. The molecule has 0 saturated carbocycles. The third-order valence-corrected chi connectivity index (χ3v) is 5.82. The van der Waals surface area contributed by atoms with Gasteiger partial charge in [0.15, 0.2) is 0 Å². The number of benzene rings is 1. The number of para-hydroxylation sites is 1. The zero-order valence-electron chi connectivity index (χ0n) is 16.6. The third kappa shape index (κ3) is 3.75. The van der Waals surface area contributed by atoms with Gasteiger partial charge in [0, 0.05) is 42.9 Å². The standard InChI is InChI=1S/C22H18N6O2S/c1-13(29)26-18-7-6-15(12-24-18)31-19-8-5-14(11-25-19)21-27-17-4-2-3-16-20(17)28(21)10-9-23-22(16)30/h2-8,11-12H,9-10H2,1H3,(H,23,30)(H,24,26,29). The van der Waals surface area contributed by atoms with Crippen molar-refractivity contribution in [2.75, 3.05) is 11.9 Å². The van der Waals surface area contributed by atoms with Crippen LogP contribution in [0.1, 0.15) is 17.3 Å². The summed E-state index contributed by atoms with van der Waals surface area (Å²) in [5.74, 6) is 1.09. The Kier molecular flexibility index (Phi) is 4.87. The summed E-state index contributed by atoms with van der Waals surface area (Å²) in [6.45, 7) is 2.65. The highest BCUT2D eigenvalue weighted by Gasteiger charge is 2.21. The lowest BCUT2D eigenvalue weighted by Crippen LogP contribution is -2.24. The van der Waals surface area contributed by atoms with Crippen LogP contribution in [-0.2, 0) is 11.3 Å². The first-order valence-electron chi connectivity index (χ1n) is 9.74. The second-order valence-corrected chi connectivity index (χ2v) is 8.16. The minimum absolute atomic E-state index is 0.0706. The summed E-state index contributed by atoms with van der Waals surface area (Å²) < 4.78 is 2.08. The summed E-state index contributed by atoms with van der Waals surface area (Å²) in [5.41, 5.74) is 3.19. The van der Waals surface area contributed by atoms with Gasteiger partial charge in [0.05, 0.1) is 16.6 Å². The first kappa shape index (κ1) is 19.3. The Balaban J connectivity index is 1.42. The van der Waals surface area contributed by atoms with E-state index in [1.807, 2.05) is 36.4 Å². The van der Waals surface area contributed by atoms with Crippen molar-refractivity contribution in [1.82, 2.24) is 24.8 Å². The molecule has 2 N–H and O–H groups in total. The summed E-state index contributed by atoms with van der Waals surface area (Å²) in [6.07, 6.45) is 3.50. The monoisotopic (exact) mass is 430 g/mol. The fourth-order valence-corrected chi connectivity index (χ4v) is 4.30. The van der Waals surface area contributed by atoms with Crippen LogP contribution < -0.4 is 10.6 Å². The van der Waals surface area contributed by atoms with Crippen molar-refractivity contribution in [2.45, 2.75) is 23.4 Å². The number of carbonyl (C=O) groups excluding carboxylic acids is 2. The van der Waals surface area contributed by atoms with Crippen molar-refractivity contribution in [3.05, 3.63) is 60.4 Å². The smallest absolute Gasteiger partial charge is 0.253 e. The van der Waals surface area contributed by atoms with E-state index in [2.05, 4.69) is 25.2 Å². The fourth-order valence-electron chi connectivity index (χ4n) is 3.57. The molecule has 0 aliphatic carbocycles. The van der Waals surface area contributed by atoms with Gasteiger partial charge in [-0.1, -0.05) is 17.8 Å². The molecule has 0 unspecified atom stereocenters. The molecule has 0 saturated heterocycles. The Labute approximate surface area is 182 Å². The number of pyridine rings is 2. The van der Waals surface area contributed by atoms with Crippen LogP contribution in [0.3, 0.4) is 0 Å². The average molecular weight is 430 g/mol. The third-order valence-electron chi connectivity index (χ3n) is 4.89. The lowest BCUT2D eigenvalue weighted by molar-refractivity contribution is -0.114. The first-order chi connectivity index (χ1) is 15.1. The maximum atomic E-state index is 12.3. The zero-order valence-corrected chi connectivity index (χ0v) is 17.4. The predicted octanol–water partition coefficient (Wildman–Crippen LogP) is 3.35. The lowest BCUT2D eigenvalue weighted by atomic mass is 10.2. The van der Waals surface area contributed by atoms with E-state index in [0.717, 1.165) is 32.3 Å². The van der Waals surface area contributed by atoms with E-state index < -0.39 is 0 Å². The molecule has 4 aromatic rings. The molecule has 31 heavy (non-hydrogen) atoms. The number of carbonyl (C=O) groups is 2. The first-order valence-corrected chi connectivity index (χ1v) is 10.6. The predicted molar refractivity (Wildman–Crippen MR) is 118 cm³/mol. The van der Waals surface area contributed by atoms with Crippen molar-refractivity contribution in [3.63, 3.8) is 0 Å². The van der Waals surface area contributed by atoms with E-state index in [1.54, 1.807) is 18.5 Å². The van der Waals surface area contributed by atoms with Gasteiger partial charge in [-0.3, -0.25) is 9.59 Å². The molecule has 2 amide bonds. The molecule has 0 bridgehead atoms. The Hall–Kier alpha value is -3.72. The normalized spacial score (nSPS) is 13.0. The molecule has 0 spiro atoms. The number of anilines is 1. The van der Waals surface area contributed by atoms with E-state index in [9.17, 15) is 9.59 Å². The quantitative estimate of drug-likeness (QED) is 0.515. The van der Waals surface area contributed by atoms with Crippen LogP contribution in [0.5, 0.6) is 0 Å². The molecule has 0 radical (unpaired) electrons. The fraction of sp³-hybridized carbons (Fsp3) is 0.136. The van der Waals surface area contributed by atoms with Gasteiger partial charge in [0.25, 0.3) is 5.91 Å². The van der Waals surface area contributed by atoms with Crippen molar-refractivity contribution in [1.29, 1.82) is 0 Å². The average Bonchev–Trinajstić information content (AvgIpc) is 3.04. The van der Waals surface area contributed by atoms with Gasteiger partial charge in [-0.05, 0) is 36.4 Å². The Morgan fingerprint density at radius 2 is 2.03 bits per heavy atom. The topological polar surface area (TPSA) is 102 Å². The van der Waals surface area contributed by atoms with E-state index in [1.165, 1.54) is 18.7 Å². The maximum absolute atomic E-state index is 12.3. The van der Waals surface area contributed by atoms with Crippen LogP contribution in [0.2, 0.25) is 0 Å². The van der Waals surface area contributed by atoms with Gasteiger partial charge in [-0.25, -0.2) is 15.0 Å². The lowest BCUT2D eigenvalue weighted by Gasteiger charge is -2.08. The van der Waals surface area contributed by atoms with Gasteiger partial charge < -0.3 is 15.2 Å². The SMILES string of the molecule is CC(=O)Nc1ccc(Sc2ccc(-c3nc4cccc5c4n3CCNC5=O)cn2)cn1. The van der Waals surface area contributed by atoms with Crippen molar-refractivity contribution in [2.24, 2.45) is 0 Å². The Morgan fingerprint density at radius 1 is 1.13 bits per heavy atom. The highest BCUT2D eigenvalue weighted by molar-refractivity contribution is 7.99. The highest BCUT2D eigenvalue weighted by Crippen LogP contribution is 2.30. The van der Waals surface area contributed by atoms with Crippen molar-refractivity contribution < 1.29 is 9.59 Å². The number of aromatic nitrogens is 4. The van der Waals surface area contributed by atoms with Crippen LogP contribution in [0, 0.1) is 0 Å². The van der Waals surface area contributed by atoms with E-state index in [4.69, 9.17) is 4.98 Å². The molecule has 8 nitrogen and oxygen atoms in total. The second kappa shape index (κ2) is 7.84. The molecule has 4 heterocycles. The summed E-state index contributed by atoms with van der Waals surface area (Å²) in [6, 6.07) is 13.2. The maximum Gasteiger partial charge on any atom is 0.253 e. The van der Waals surface area contributed by atoms with E-state index >= 15 is 0 Å². The zero-order chi connectivity index (χ0) is 21.4. The summed E-state index contributed by atoms with van der Waals surface area (Å²) in [5, 5.41) is 6.40. The van der Waals surface area contributed by atoms with Crippen LogP contribution in [0.25, 0.3) is 22.4 Å². The molecule has 5 rings (SSSR count). The number of hydrogen-bond acceptors (Lipinski definition) is 6. The second-order valence-electron chi connectivity index (χ2n) is 7.06. The minimum Gasteiger partial charge on any atom is -0.350 e. The minimum atomic E-state index is -0.154. The molecule has 3 aromatic heterocycles. The Morgan fingerprint density at radius 3 is 2.77 bits per heavy atom. The van der Waals surface area contributed by atoms with Gasteiger partial charge in [-0.15, -0.1) is 0 Å². The number of nitrogens with zero attached hydrogens (tertiary/aromatic N) is 4. The molecule has 154 valence electrons. The van der Waals surface area contributed by atoms with Crippen LogP contribution in [-0.4, -0.2) is 37.9 Å². The Bertz CT molecular complexity index is 1300. The summed E-state index contributed by atoms with van der Waals surface area (Å²) >= 11 is 1.48. The summed E-state index contributed by atoms with van der Waals surface area (Å²) in [7, 11) is 0. The van der Waals surface area contributed by atoms with Gasteiger partial charge >= 0.3 is 0 Å². The largest absolute Gasteiger partial charge is 0.350 e. The number of imidazole rings is 1. The number of amides is 2. The molecule has 0 atom stereocenters. The van der Waals surface area contributed by atoms with Gasteiger partial charge in [0.2, 0.25) is 5.91 Å². The van der Waals surface area contributed by atoms with Crippen molar-refractivity contribution >= 4 is 40.4 Å². The van der Waals surface area contributed by atoms with Crippen LogP contribution >= 0.6 is 11.8 Å². The van der Waals surface area contributed by atoms with Crippen LogP contribution in [0.15, 0.2) is 64.8 Å². The molecule has 0 fully saturated rings. The molecular weight excluding hydrogens is 412 g/mol. The van der Waals surface area contributed by atoms with Crippen LogP contribution in [0.4, 0.5) is 5.82 Å². The summed E-state index contributed by atoms with van der Waals surface area (Å²) in [4.78, 5) is 37.9.